The molecule has 0 unspecified atom stereocenters. The number of benzene rings is 1. The molecule has 1 aromatic carbocycles. The van der Waals surface area contributed by atoms with E-state index in [2.05, 4.69) is 36.1 Å². The summed E-state index contributed by atoms with van der Waals surface area (Å²) in [5.74, 6) is 0.476. The van der Waals surface area contributed by atoms with Crippen molar-refractivity contribution in [3.63, 3.8) is 0 Å². The lowest BCUT2D eigenvalue weighted by Crippen LogP contribution is -2.26. The molecule has 1 N–H and O–H groups in total. The highest BCUT2D eigenvalue weighted by Crippen LogP contribution is 2.24. The van der Waals surface area contributed by atoms with Crippen molar-refractivity contribution in [2.45, 2.75) is 25.9 Å². The van der Waals surface area contributed by atoms with Crippen LogP contribution >= 0.6 is 0 Å². The fraction of sp³-hybridized carbons (Fsp3) is 0.538. The molecular weight excluding hydrogens is 186 g/mol. The van der Waals surface area contributed by atoms with Crippen LogP contribution in [0.4, 0.5) is 0 Å². The Bertz CT molecular complexity index is 299. The second kappa shape index (κ2) is 4.77. The van der Waals surface area contributed by atoms with Gasteiger partial charge in [-0.15, -0.1) is 0 Å². The number of hydrogen-bond acceptors (Lipinski definition) is 2. The molecular formula is C13H19NO. The summed E-state index contributed by atoms with van der Waals surface area (Å²) in [6.07, 6.45) is 1.13. The van der Waals surface area contributed by atoms with Crippen LogP contribution in [0.15, 0.2) is 30.3 Å². The van der Waals surface area contributed by atoms with E-state index in [1.54, 1.807) is 0 Å². The molecule has 82 valence electrons. The third-order valence-electron chi connectivity index (χ3n) is 3.28. The highest BCUT2D eigenvalue weighted by Gasteiger charge is 2.27. The van der Waals surface area contributed by atoms with Gasteiger partial charge in [0.25, 0.3) is 0 Å². The average Bonchev–Trinajstić information content (AvgIpc) is 2.61. The third-order valence-corrected chi connectivity index (χ3v) is 3.28. The Hall–Kier alpha value is -0.860. The first kappa shape index (κ1) is 10.7. The van der Waals surface area contributed by atoms with Crippen molar-refractivity contribution in [1.82, 2.24) is 4.90 Å². The predicted molar refractivity (Wildman–Crippen MR) is 61.5 cm³/mol. The fourth-order valence-electron chi connectivity index (χ4n) is 2.39. The van der Waals surface area contributed by atoms with E-state index >= 15 is 0 Å². The van der Waals surface area contributed by atoms with Crippen molar-refractivity contribution in [3.05, 3.63) is 35.9 Å². The van der Waals surface area contributed by atoms with Crippen LogP contribution in [0.1, 0.15) is 18.9 Å². The smallest absolute Gasteiger partial charge is 0.0472 e. The van der Waals surface area contributed by atoms with Gasteiger partial charge in [-0.05, 0) is 24.8 Å². The molecule has 1 aliphatic rings. The number of aliphatic hydroxyl groups excluding tert-OH is 1. The summed E-state index contributed by atoms with van der Waals surface area (Å²) < 4.78 is 0. The molecule has 2 rings (SSSR count). The van der Waals surface area contributed by atoms with Gasteiger partial charge in [0.1, 0.15) is 0 Å². The van der Waals surface area contributed by atoms with E-state index in [-0.39, 0.29) is 0 Å². The normalized spacial score (nSPS) is 27.1. The third kappa shape index (κ3) is 2.58. The highest BCUT2D eigenvalue weighted by atomic mass is 16.3. The van der Waals surface area contributed by atoms with Crippen LogP contribution in [0.3, 0.4) is 0 Å². The molecule has 1 aromatic rings. The summed E-state index contributed by atoms with van der Waals surface area (Å²) in [5, 5.41) is 9.14. The molecule has 1 aliphatic heterocycles. The summed E-state index contributed by atoms with van der Waals surface area (Å²) >= 11 is 0. The van der Waals surface area contributed by atoms with Gasteiger partial charge in [0.2, 0.25) is 0 Å². The molecule has 2 atom stereocenters. The second-order valence-electron chi connectivity index (χ2n) is 4.55. The molecule has 0 aliphatic carbocycles. The molecule has 2 nitrogen and oxygen atoms in total. The van der Waals surface area contributed by atoms with Gasteiger partial charge < -0.3 is 5.11 Å². The summed E-state index contributed by atoms with van der Waals surface area (Å²) in [4.78, 5) is 2.45. The van der Waals surface area contributed by atoms with E-state index < -0.39 is 0 Å². The van der Waals surface area contributed by atoms with Crippen molar-refractivity contribution in [3.8, 4) is 0 Å². The van der Waals surface area contributed by atoms with Crippen LogP contribution in [-0.2, 0) is 6.54 Å². The molecule has 1 heterocycles. The molecule has 0 bridgehead atoms. The summed E-state index contributed by atoms with van der Waals surface area (Å²) in [6.45, 7) is 4.62. The van der Waals surface area contributed by atoms with E-state index in [0.717, 1.165) is 19.5 Å². The van der Waals surface area contributed by atoms with Crippen LogP contribution in [0.5, 0.6) is 0 Å². The maximum Gasteiger partial charge on any atom is 0.0472 e. The number of aliphatic hydroxyl groups is 1. The summed E-state index contributed by atoms with van der Waals surface area (Å²) in [7, 11) is 0. The lowest BCUT2D eigenvalue weighted by Gasteiger charge is -2.20. The SMILES string of the molecule is C[C@@H]1C[C@H](CO)CN1Cc1ccccc1. The van der Waals surface area contributed by atoms with Gasteiger partial charge in [-0.1, -0.05) is 30.3 Å². The van der Waals surface area contributed by atoms with Crippen LogP contribution in [0, 0.1) is 5.92 Å². The minimum Gasteiger partial charge on any atom is -0.396 e. The van der Waals surface area contributed by atoms with E-state index in [4.69, 9.17) is 5.11 Å². The second-order valence-corrected chi connectivity index (χ2v) is 4.55. The quantitative estimate of drug-likeness (QED) is 0.814. The van der Waals surface area contributed by atoms with Gasteiger partial charge in [0, 0.05) is 25.7 Å². The maximum atomic E-state index is 9.14. The first-order chi connectivity index (χ1) is 7.29. The molecule has 0 aromatic heterocycles. The first-order valence-electron chi connectivity index (χ1n) is 5.68. The van der Waals surface area contributed by atoms with E-state index in [1.165, 1.54) is 5.56 Å². The van der Waals surface area contributed by atoms with Gasteiger partial charge in [-0.2, -0.15) is 0 Å². The van der Waals surface area contributed by atoms with Crippen LogP contribution in [0.25, 0.3) is 0 Å². The van der Waals surface area contributed by atoms with Crippen LogP contribution < -0.4 is 0 Å². The minimum absolute atomic E-state index is 0.329. The number of likely N-dealkylation sites (tertiary alicyclic amines) is 1. The summed E-state index contributed by atoms with van der Waals surface area (Å²) in [6, 6.07) is 11.1. The van der Waals surface area contributed by atoms with E-state index in [9.17, 15) is 0 Å². The Labute approximate surface area is 91.5 Å². The zero-order chi connectivity index (χ0) is 10.7. The maximum absolute atomic E-state index is 9.14. The van der Waals surface area contributed by atoms with Crippen LogP contribution in [0.2, 0.25) is 0 Å². The highest BCUT2D eigenvalue weighted by molar-refractivity contribution is 5.14. The van der Waals surface area contributed by atoms with Gasteiger partial charge >= 0.3 is 0 Å². The Morgan fingerprint density at radius 2 is 2.07 bits per heavy atom. The van der Waals surface area contributed by atoms with E-state index in [0.29, 0.717) is 18.6 Å². The molecule has 2 heteroatoms. The lowest BCUT2D eigenvalue weighted by atomic mass is 10.1. The fourth-order valence-corrected chi connectivity index (χ4v) is 2.39. The summed E-state index contributed by atoms with van der Waals surface area (Å²) in [5.41, 5.74) is 1.36. The van der Waals surface area contributed by atoms with Crippen molar-refractivity contribution >= 4 is 0 Å². The van der Waals surface area contributed by atoms with Crippen molar-refractivity contribution in [2.24, 2.45) is 5.92 Å². The standard InChI is InChI=1S/C13H19NO/c1-11-7-13(10-15)9-14(11)8-12-5-3-2-4-6-12/h2-6,11,13,15H,7-10H2,1H3/t11-,13+/m1/s1. The van der Waals surface area contributed by atoms with Gasteiger partial charge in [-0.3, -0.25) is 4.90 Å². The topological polar surface area (TPSA) is 23.5 Å². The van der Waals surface area contributed by atoms with Crippen LogP contribution in [-0.4, -0.2) is 29.2 Å². The Morgan fingerprint density at radius 1 is 1.33 bits per heavy atom. The van der Waals surface area contributed by atoms with Gasteiger partial charge in [-0.25, -0.2) is 0 Å². The zero-order valence-electron chi connectivity index (χ0n) is 9.26. The first-order valence-corrected chi connectivity index (χ1v) is 5.68. The molecule has 0 radical (unpaired) electrons. The largest absolute Gasteiger partial charge is 0.396 e. The molecule has 1 fully saturated rings. The average molecular weight is 205 g/mol. The lowest BCUT2D eigenvalue weighted by molar-refractivity contribution is 0.215. The minimum atomic E-state index is 0.329. The predicted octanol–water partition coefficient (Wildman–Crippen LogP) is 1.89. The van der Waals surface area contributed by atoms with Crippen molar-refractivity contribution in [1.29, 1.82) is 0 Å². The monoisotopic (exact) mass is 205 g/mol. The Kier molecular flexibility index (Phi) is 3.39. The van der Waals surface area contributed by atoms with Gasteiger partial charge in [0.15, 0.2) is 0 Å². The van der Waals surface area contributed by atoms with Crippen molar-refractivity contribution < 1.29 is 5.11 Å². The van der Waals surface area contributed by atoms with E-state index in [1.807, 2.05) is 6.07 Å². The number of nitrogens with zero attached hydrogens (tertiary/aromatic N) is 1. The molecule has 0 spiro atoms. The number of hydrogen-bond donors (Lipinski definition) is 1. The van der Waals surface area contributed by atoms with Crippen molar-refractivity contribution in [2.75, 3.05) is 13.2 Å². The van der Waals surface area contributed by atoms with Gasteiger partial charge in [0.05, 0.1) is 0 Å². The molecule has 15 heavy (non-hydrogen) atoms. The Balaban J connectivity index is 1.96. The molecule has 0 saturated carbocycles. The number of rotatable bonds is 3. The molecule has 1 saturated heterocycles. The Morgan fingerprint density at radius 3 is 2.67 bits per heavy atom. The molecule has 0 amide bonds. The zero-order valence-corrected chi connectivity index (χ0v) is 9.26.